The number of aromatic hydroxyl groups is 3. The summed E-state index contributed by atoms with van der Waals surface area (Å²) in [6.07, 6.45) is 3.29. The Kier molecular flexibility index (Phi) is 3.88. The van der Waals surface area contributed by atoms with Crippen molar-refractivity contribution in [3.63, 3.8) is 0 Å². The third-order valence-corrected chi connectivity index (χ3v) is 3.18. The topological polar surface area (TPSA) is 86.7 Å². The van der Waals surface area contributed by atoms with Crippen LogP contribution in [0.15, 0.2) is 12.1 Å². The number of halogens is 1. The molecule has 1 aromatic carbocycles. The molecule has 1 fully saturated rings. The number of hydrogen-bond donors (Lipinski definition) is 4. The first-order chi connectivity index (χ1) is 7.11. The Hall–Kier alpha value is -1.13. The highest BCUT2D eigenvalue weighted by molar-refractivity contribution is 5.85. The van der Waals surface area contributed by atoms with Crippen LogP contribution in [0, 0.1) is 5.92 Å². The average Bonchev–Trinajstić information content (AvgIpc) is 2.11. The zero-order chi connectivity index (χ0) is 11.0. The van der Waals surface area contributed by atoms with Crippen LogP contribution in [0.5, 0.6) is 17.2 Å². The SMILES string of the molecule is Cl.N[C@H](c1ccc(O)c(O)c1O)C1CCC1. The maximum atomic E-state index is 9.63. The van der Waals surface area contributed by atoms with E-state index in [9.17, 15) is 10.2 Å². The van der Waals surface area contributed by atoms with Gasteiger partial charge in [-0.1, -0.05) is 6.42 Å². The summed E-state index contributed by atoms with van der Waals surface area (Å²) in [6.45, 7) is 0. The van der Waals surface area contributed by atoms with Crippen LogP contribution in [-0.4, -0.2) is 15.3 Å². The van der Waals surface area contributed by atoms with E-state index in [1.165, 1.54) is 12.5 Å². The maximum absolute atomic E-state index is 9.63. The number of benzene rings is 1. The van der Waals surface area contributed by atoms with Gasteiger partial charge in [0.1, 0.15) is 0 Å². The van der Waals surface area contributed by atoms with Gasteiger partial charge < -0.3 is 21.1 Å². The van der Waals surface area contributed by atoms with Crippen molar-refractivity contribution in [1.82, 2.24) is 0 Å². The van der Waals surface area contributed by atoms with Gasteiger partial charge in [0.25, 0.3) is 0 Å². The van der Waals surface area contributed by atoms with E-state index >= 15 is 0 Å². The fourth-order valence-electron chi connectivity index (χ4n) is 1.91. The van der Waals surface area contributed by atoms with Crippen LogP contribution in [0.3, 0.4) is 0 Å². The van der Waals surface area contributed by atoms with Crippen molar-refractivity contribution < 1.29 is 15.3 Å². The number of rotatable bonds is 2. The molecule has 1 saturated carbocycles. The van der Waals surface area contributed by atoms with E-state index in [0.717, 1.165) is 12.8 Å². The largest absolute Gasteiger partial charge is 0.504 e. The Morgan fingerprint density at radius 2 is 1.75 bits per heavy atom. The molecule has 1 atom stereocenters. The normalized spacial score (nSPS) is 17.3. The van der Waals surface area contributed by atoms with Gasteiger partial charge in [-0.3, -0.25) is 0 Å². The van der Waals surface area contributed by atoms with Gasteiger partial charge in [-0.15, -0.1) is 12.4 Å². The van der Waals surface area contributed by atoms with Crippen molar-refractivity contribution in [2.45, 2.75) is 25.3 Å². The maximum Gasteiger partial charge on any atom is 0.200 e. The van der Waals surface area contributed by atoms with Crippen molar-refractivity contribution in [2.24, 2.45) is 11.7 Å². The molecule has 5 heteroatoms. The molecule has 0 aliphatic heterocycles. The molecular formula is C11H16ClNO3. The second-order valence-electron chi connectivity index (χ2n) is 4.09. The molecule has 1 aromatic rings. The number of phenolic OH excluding ortho intramolecular Hbond substituents is 3. The van der Waals surface area contributed by atoms with E-state index < -0.39 is 5.75 Å². The summed E-state index contributed by atoms with van der Waals surface area (Å²) in [6, 6.07) is 2.65. The molecule has 16 heavy (non-hydrogen) atoms. The monoisotopic (exact) mass is 245 g/mol. The van der Waals surface area contributed by atoms with Crippen molar-refractivity contribution in [3.05, 3.63) is 17.7 Å². The van der Waals surface area contributed by atoms with Crippen LogP contribution in [-0.2, 0) is 0 Å². The van der Waals surface area contributed by atoms with Crippen LogP contribution in [0.25, 0.3) is 0 Å². The minimum absolute atomic E-state index is 0. The van der Waals surface area contributed by atoms with Gasteiger partial charge in [0, 0.05) is 11.6 Å². The third kappa shape index (κ3) is 2.03. The molecule has 0 saturated heterocycles. The van der Waals surface area contributed by atoms with Crippen molar-refractivity contribution in [2.75, 3.05) is 0 Å². The molecule has 1 aliphatic rings. The van der Waals surface area contributed by atoms with Gasteiger partial charge in [-0.2, -0.15) is 0 Å². The van der Waals surface area contributed by atoms with Crippen LogP contribution >= 0.6 is 12.4 Å². The van der Waals surface area contributed by atoms with E-state index in [1.54, 1.807) is 6.07 Å². The molecule has 2 rings (SSSR count). The summed E-state index contributed by atoms with van der Waals surface area (Å²) in [5.41, 5.74) is 6.48. The molecule has 0 aromatic heterocycles. The summed E-state index contributed by atoms with van der Waals surface area (Å²) in [5, 5.41) is 28.1. The van der Waals surface area contributed by atoms with Crippen LogP contribution < -0.4 is 5.73 Å². The van der Waals surface area contributed by atoms with Gasteiger partial charge in [0.2, 0.25) is 5.75 Å². The first-order valence-electron chi connectivity index (χ1n) is 5.10. The molecule has 0 radical (unpaired) electrons. The van der Waals surface area contributed by atoms with E-state index in [1.807, 2.05) is 0 Å². The van der Waals surface area contributed by atoms with Crippen molar-refractivity contribution in [3.8, 4) is 17.2 Å². The Labute approximate surface area is 100 Å². The lowest BCUT2D eigenvalue weighted by Gasteiger charge is -2.31. The summed E-state index contributed by atoms with van der Waals surface area (Å²) < 4.78 is 0. The Morgan fingerprint density at radius 3 is 2.25 bits per heavy atom. The molecule has 0 unspecified atom stereocenters. The molecule has 0 spiro atoms. The highest BCUT2D eigenvalue weighted by Gasteiger charge is 2.28. The molecule has 5 N–H and O–H groups in total. The minimum Gasteiger partial charge on any atom is -0.504 e. The molecule has 0 bridgehead atoms. The highest BCUT2D eigenvalue weighted by Crippen LogP contribution is 2.44. The van der Waals surface area contributed by atoms with Gasteiger partial charge in [-0.05, 0) is 30.9 Å². The lowest BCUT2D eigenvalue weighted by atomic mass is 9.77. The summed E-state index contributed by atoms with van der Waals surface area (Å²) in [5.74, 6) is -0.728. The quantitative estimate of drug-likeness (QED) is 0.601. The highest BCUT2D eigenvalue weighted by atomic mass is 35.5. The van der Waals surface area contributed by atoms with E-state index in [4.69, 9.17) is 10.8 Å². The van der Waals surface area contributed by atoms with Gasteiger partial charge in [-0.25, -0.2) is 0 Å². The van der Waals surface area contributed by atoms with Gasteiger partial charge in [0.15, 0.2) is 11.5 Å². The first kappa shape index (κ1) is 12.9. The Bertz CT molecular complexity index is 380. The number of nitrogens with two attached hydrogens (primary N) is 1. The number of phenols is 3. The van der Waals surface area contributed by atoms with Crippen molar-refractivity contribution in [1.29, 1.82) is 0 Å². The smallest absolute Gasteiger partial charge is 0.200 e. The standard InChI is InChI=1S/C11H15NO3.ClH/c12-9(6-2-1-3-6)7-4-5-8(13)11(15)10(7)14;/h4-6,9,13-15H,1-3,12H2;1H/t9-;/m0./s1. The zero-order valence-electron chi connectivity index (χ0n) is 8.76. The second kappa shape index (κ2) is 4.80. The predicted molar refractivity (Wildman–Crippen MR) is 63.0 cm³/mol. The second-order valence-corrected chi connectivity index (χ2v) is 4.09. The first-order valence-corrected chi connectivity index (χ1v) is 5.10. The lowest BCUT2D eigenvalue weighted by molar-refractivity contribution is 0.258. The molecule has 4 nitrogen and oxygen atoms in total. The number of hydrogen-bond acceptors (Lipinski definition) is 4. The molecule has 0 heterocycles. The van der Waals surface area contributed by atoms with E-state index in [0.29, 0.717) is 11.5 Å². The fraction of sp³-hybridized carbons (Fsp3) is 0.455. The minimum atomic E-state index is -0.484. The molecule has 90 valence electrons. The lowest BCUT2D eigenvalue weighted by Crippen LogP contribution is -2.26. The predicted octanol–water partition coefficient (Wildman–Crippen LogP) is 2.03. The van der Waals surface area contributed by atoms with Crippen LogP contribution in [0.4, 0.5) is 0 Å². The van der Waals surface area contributed by atoms with Gasteiger partial charge >= 0.3 is 0 Å². The molecule has 1 aliphatic carbocycles. The van der Waals surface area contributed by atoms with E-state index in [2.05, 4.69) is 0 Å². The molecular weight excluding hydrogens is 230 g/mol. The zero-order valence-corrected chi connectivity index (χ0v) is 9.57. The average molecular weight is 246 g/mol. The fourth-order valence-corrected chi connectivity index (χ4v) is 1.91. The third-order valence-electron chi connectivity index (χ3n) is 3.18. The van der Waals surface area contributed by atoms with Gasteiger partial charge in [0.05, 0.1) is 0 Å². The van der Waals surface area contributed by atoms with Crippen molar-refractivity contribution >= 4 is 12.4 Å². The van der Waals surface area contributed by atoms with Crippen LogP contribution in [0.2, 0.25) is 0 Å². The molecule has 0 amide bonds. The van der Waals surface area contributed by atoms with Crippen LogP contribution in [0.1, 0.15) is 30.9 Å². The van der Waals surface area contributed by atoms with E-state index in [-0.39, 0.29) is 29.9 Å². The summed E-state index contributed by atoms with van der Waals surface area (Å²) in [4.78, 5) is 0. The Balaban J connectivity index is 0.00000128. The summed E-state index contributed by atoms with van der Waals surface area (Å²) in [7, 11) is 0. The summed E-state index contributed by atoms with van der Waals surface area (Å²) >= 11 is 0. The Morgan fingerprint density at radius 1 is 1.12 bits per heavy atom.